The van der Waals surface area contributed by atoms with Crippen LogP contribution in [0, 0.1) is 11.7 Å². The van der Waals surface area contributed by atoms with Gasteiger partial charge in [0.05, 0.1) is 12.2 Å². The Hall–Kier alpha value is -1.38. The molecule has 1 aromatic rings. The highest BCUT2D eigenvalue weighted by atomic mass is 19.1. The average molecular weight is 264 g/mol. The molecule has 0 heterocycles. The van der Waals surface area contributed by atoms with E-state index in [1.807, 2.05) is 0 Å². The predicted molar refractivity (Wildman–Crippen MR) is 73.1 cm³/mol. The lowest BCUT2D eigenvalue weighted by molar-refractivity contribution is 0.101. The minimum absolute atomic E-state index is 0.125. The molecule has 1 aliphatic carbocycles. The number of hydrogen-bond acceptors (Lipinski definition) is 2. The standard InChI is InChI=1S/C16H21FO2/c1-12(18)15-8-7-14(11-16(15)17)19-10-9-13-5-3-2-4-6-13/h7-8,11,13H,2-6,9-10H2,1H3. The molecule has 104 valence electrons. The maximum Gasteiger partial charge on any atom is 0.162 e. The molecule has 1 aromatic carbocycles. The quantitative estimate of drug-likeness (QED) is 0.738. The van der Waals surface area contributed by atoms with Crippen LogP contribution in [0.2, 0.25) is 0 Å². The minimum atomic E-state index is -0.498. The summed E-state index contributed by atoms with van der Waals surface area (Å²) in [5.41, 5.74) is 0.125. The number of benzene rings is 1. The first kappa shape index (κ1) is 14.0. The molecule has 19 heavy (non-hydrogen) atoms. The lowest BCUT2D eigenvalue weighted by Crippen LogP contribution is -2.11. The third kappa shape index (κ3) is 4.05. The van der Waals surface area contributed by atoms with Crippen molar-refractivity contribution < 1.29 is 13.9 Å². The highest BCUT2D eigenvalue weighted by Gasteiger charge is 2.13. The predicted octanol–water partition coefficient (Wildman–Crippen LogP) is 4.38. The summed E-state index contributed by atoms with van der Waals surface area (Å²) in [5.74, 6) is 0.516. The Labute approximate surface area is 114 Å². The molecule has 0 atom stereocenters. The van der Waals surface area contributed by atoms with Crippen molar-refractivity contribution in [3.63, 3.8) is 0 Å². The van der Waals surface area contributed by atoms with Gasteiger partial charge in [0.25, 0.3) is 0 Å². The number of ketones is 1. The highest BCUT2D eigenvalue weighted by Crippen LogP contribution is 2.26. The smallest absolute Gasteiger partial charge is 0.162 e. The third-order valence-electron chi connectivity index (χ3n) is 3.84. The zero-order valence-electron chi connectivity index (χ0n) is 11.5. The Morgan fingerprint density at radius 2 is 2.05 bits per heavy atom. The summed E-state index contributed by atoms with van der Waals surface area (Å²) in [5, 5.41) is 0. The minimum Gasteiger partial charge on any atom is -0.493 e. The second-order valence-electron chi connectivity index (χ2n) is 5.34. The number of carbonyl (C=O) groups excluding carboxylic acids is 1. The fraction of sp³-hybridized carbons (Fsp3) is 0.562. The van der Waals surface area contributed by atoms with E-state index in [2.05, 4.69) is 0 Å². The first-order chi connectivity index (χ1) is 9.16. The lowest BCUT2D eigenvalue weighted by atomic mass is 9.87. The maximum atomic E-state index is 13.6. The van der Waals surface area contributed by atoms with Gasteiger partial charge in [-0.3, -0.25) is 4.79 Å². The van der Waals surface area contributed by atoms with Gasteiger partial charge in [-0.1, -0.05) is 32.1 Å². The van der Waals surface area contributed by atoms with Crippen molar-refractivity contribution >= 4 is 5.78 Å². The summed E-state index contributed by atoms with van der Waals surface area (Å²) in [7, 11) is 0. The number of Topliss-reactive ketones (excluding diaryl/α,β-unsaturated/α-hetero) is 1. The van der Waals surface area contributed by atoms with Gasteiger partial charge in [-0.05, 0) is 31.4 Å². The van der Waals surface area contributed by atoms with Gasteiger partial charge in [-0.2, -0.15) is 0 Å². The third-order valence-corrected chi connectivity index (χ3v) is 3.84. The second kappa shape index (κ2) is 6.69. The summed E-state index contributed by atoms with van der Waals surface area (Å²) in [6.07, 6.45) is 7.63. The van der Waals surface area contributed by atoms with Crippen LogP contribution in [0.4, 0.5) is 4.39 Å². The van der Waals surface area contributed by atoms with Crippen LogP contribution in [0.25, 0.3) is 0 Å². The largest absolute Gasteiger partial charge is 0.493 e. The molecule has 2 nitrogen and oxygen atoms in total. The van der Waals surface area contributed by atoms with E-state index in [1.54, 1.807) is 6.07 Å². The van der Waals surface area contributed by atoms with Gasteiger partial charge in [0.1, 0.15) is 11.6 Å². The molecule has 0 amide bonds. The Morgan fingerprint density at radius 3 is 2.68 bits per heavy atom. The topological polar surface area (TPSA) is 26.3 Å². The monoisotopic (exact) mass is 264 g/mol. The normalized spacial score (nSPS) is 16.3. The Morgan fingerprint density at radius 1 is 1.32 bits per heavy atom. The molecule has 1 fully saturated rings. The fourth-order valence-electron chi connectivity index (χ4n) is 2.69. The van der Waals surface area contributed by atoms with E-state index in [4.69, 9.17) is 4.74 Å². The van der Waals surface area contributed by atoms with Crippen molar-refractivity contribution in [1.29, 1.82) is 0 Å². The Kier molecular flexibility index (Phi) is 4.94. The van der Waals surface area contributed by atoms with Crippen molar-refractivity contribution in [3.8, 4) is 5.75 Å². The van der Waals surface area contributed by atoms with E-state index < -0.39 is 5.82 Å². The van der Waals surface area contributed by atoms with E-state index in [0.717, 1.165) is 12.3 Å². The molecular weight excluding hydrogens is 243 g/mol. The summed E-state index contributed by atoms with van der Waals surface area (Å²) in [6, 6.07) is 4.46. The lowest BCUT2D eigenvalue weighted by Gasteiger charge is -2.21. The Bertz CT molecular complexity index is 436. The van der Waals surface area contributed by atoms with E-state index in [1.165, 1.54) is 51.2 Å². The molecule has 0 N–H and O–H groups in total. The van der Waals surface area contributed by atoms with Crippen molar-refractivity contribution in [2.24, 2.45) is 5.92 Å². The van der Waals surface area contributed by atoms with Crippen LogP contribution in [0.3, 0.4) is 0 Å². The zero-order chi connectivity index (χ0) is 13.7. The van der Waals surface area contributed by atoms with E-state index in [9.17, 15) is 9.18 Å². The van der Waals surface area contributed by atoms with Gasteiger partial charge in [-0.15, -0.1) is 0 Å². The van der Waals surface area contributed by atoms with Gasteiger partial charge in [0, 0.05) is 6.07 Å². The van der Waals surface area contributed by atoms with Crippen molar-refractivity contribution in [2.45, 2.75) is 45.4 Å². The first-order valence-electron chi connectivity index (χ1n) is 7.10. The summed E-state index contributed by atoms with van der Waals surface area (Å²) in [6.45, 7) is 1.99. The van der Waals surface area contributed by atoms with Crippen LogP contribution in [0.5, 0.6) is 5.75 Å². The number of carbonyl (C=O) groups is 1. The van der Waals surface area contributed by atoms with Gasteiger partial charge < -0.3 is 4.74 Å². The number of rotatable bonds is 5. The molecular formula is C16H21FO2. The second-order valence-corrected chi connectivity index (χ2v) is 5.34. The van der Waals surface area contributed by atoms with Gasteiger partial charge >= 0.3 is 0 Å². The van der Waals surface area contributed by atoms with E-state index >= 15 is 0 Å². The molecule has 0 unspecified atom stereocenters. The van der Waals surface area contributed by atoms with Crippen LogP contribution in [0.15, 0.2) is 18.2 Å². The summed E-state index contributed by atoms with van der Waals surface area (Å²) in [4.78, 5) is 11.1. The van der Waals surface area contributed by atoms with Crippen LogP contribution < -0.4 is 4.74 Å². The molecule has 0 aromatic heterocycles. The number of ether oxygens (including phenoxy) is 1. The van der Waals surface area contributed by atoms with Crippen LogP contribution in [-0.4, -0.2) is 12.4 Å². The fourth-order valence-corrected chi connectivity index (χ4v) is 2.69. The zero-order valence-corrected chi connectivity index (χ0v) is 11.5. The van der Waals surface area contributed by atoms with Crippen LogP contribution >= 0.6 is 0 Å². The molecule has 1 aliphatic rings. The molecule has 0 bridgehead atoms. The number of halogens is 1. The molecule has 0 spiro atoms. The van der Waals surface area contributed by atoms with Gasteiger partial charge in [-0.25, -0.2) is 4.39 Å². The van der Waals surface area contributed by atoms with Gasteiger partial charge in [0.2, 0.25) is 0 Å². The summed E-state index contributed by atoms with van der Waals surface area (Å²) < 4.78 is 19.2. The van der Waals surface area contributed by atoms with Gasteiger partial charge in [0.15, 0.2) is 5.78 Å². The maximum absolute atomic E-state index is 13.6. The average Bonchev–Trinajstić information content (AvgIpc) is 2.39. The highest BCUT2D eigenvalue weighted by molar-refractivity contribution is 5.94. The molecule has 0 saturated heterocycles. The molecule has 0 aliphatic heterocycles. The van der Waals surface area contributed by atoms with Crippen molar-refractivity contribution in [3.05, 3.63) is 29.6 Å². The summed E-state index contributed by atoms with van der Waals surface area (Å²) >= 11 is 0. The van der Waals surface area contributed by atoms with E-state index in [-0.39, 0.29) is 11.3 Å². The van der Waals surface area contributed by atoms with Crippen LogP contribution in [-0.2, 0) is 0 Å². The van der Waals surface area contributed by atoms with Crippen molar-refractivity contribution in [1.82, 2.24) is 0 Å². The molecule has 0 radical (unpaired) electrons. The molecule has 3 heteroatoms. The SMILES string of the molecule is CC(=O)c1ccc(OCCC2CCCCC2)cc1F. The molecule has 1 saturated carbocycles. The van der Waals surface area contributed by atoms with Crippen molar-refractivity contribution in [2.75, 3.05) is 6.61 Å². The Balaban J connectivity index is 1.82. The van der Waals surface area contributed by atoms with Crippen LogP contribution in [0.1, 0.15) is 55.8 Å². The number of hydrogen-bond donors (Lipinski definition) is 0. The molecule has 2 rings (SSSR count). The van der Waals surface area contributed by atoms with E-state index in [0.29, 0.717) is 12.4 Å². The first-order valence-corrected chi connectivity index (χ1v) is 7.10.